The molecule has 1 aromatic rings. The first-order valence-electron chi connectivity index (χ1n) is 2.00. The fraction of sp³-hybridized carbons (Fsp3) is 0. The van der Waals surface area contributed by atoms with Crippen LogP contribution in [0, 0.1) is 0 Å². The van der Waals surface area contributed by atoms with Gasteiger partial charge in [-0.1, -0.05) is 36.4 Å². The van der Waals surface area contributed by atoms with E-state index in [-0.39, 0.29) is 29.6 Å². The number of benzene rings is 1. The molecule has 1 aromatic carbocycles. The third kappa shape index (κ3) is 2.86. The minimum Gasteiger partial charge on any atom is -0.0623 e. The van der Waals surface area contributed by atoms with Gasteiger partial charge in [-0.05, 0) is 0 Å². The monoisotopic (exact) mass is 101 g/mol. The predicted molar refractivity (Wildman–Crippen MR) is 26.4 cm³/mol. The van der Waals surface area contributed by atoms with E-state index in [0.717, 1.165) is 0 Å². The van der Waals surface area contributed by atoms with Gasteiger partial charge < -0.3 is 0 Å². The Kier molecular flexibility index (Phi) is 4.52. The zero-order chi connectivity index (χ0) is 4.24. The van der Waals surface area contributed by atoms with Crippen LogP contribution in [0.25, 0.3) is 0 Å². The molecule has 0 saturated heterocycles. The average molecular weight is 101 g/mol. The summed E-state index contributed by atoms with van der Waals surface area (Å²) in [7, 11) is 0. The van der Waals surface area contributed by atoms with Crippen molar-refractivity contribution >= 4 is 0 Å². The van der Waals surface area contributed by atoms with Crippen LogP contribution in [0.2, 0.25) is 0 Å². The fourth-order valence-electron chi connectivity index (χ4n) is 0.385. The molecule has 0 aromatic heterocycles. The second-order valence-electron chi connectivity index (χ2n) is 1.15. The normalized spacial score (nSPS) is 6.86. The van der Waals surface area contributed by atoms with Gasteiger partial charge in [0.1, 0.15) is 0 Å². The van der Waals surface area contributed by atoms with Crippen LogP contribution in [0.3, 0.4) is 0 Å². The summed E-state index contributed by atoms with van der Waals surface area (Å²) in [6, 6.07) is 12.0. The van der Waals surface area contributed by atoms with E-state index in [2.05, 4.69) is 0 Å². The van der Waals surface area contributed by atoms with Crippen LogP contribution in [0.1, 0.15) is 0 Å². The Balaban J connectivity index is 0.000000360. The van der Waals surface area contributed by atoms with Crippen LogP contribution in [0.5, 0.6) is 0 Å². The summed E-state index contributed by atoms with van der Waals surface area (Å²) in [4.78, 5) is 0. The number of rotatable bonds is 0. The Labute approximate surface area is 65.8 Å². The molecule has 7 heavy (non-hydrogen) atoms. The van der Waals surface area contributed by atoms with Crippen LogP contribution >= 0.6 is 0 Å². The van der Waals surface area contributed by atoms with E-state index < -0.39 is 0 Å². The molecule has 0 aliphatic carbocycles. The maximum Gasteiger partial charge on any atom is 1.00 e. The van der Waals surface area contributed by atoms with Crippen molar-refractivity contribution in [3.63, 3.8) is 0 Å². The smallest absolute Gasteiger partial charge is 0.0623 e. The molecule has 30 valence electrons. The van der Waals surface area contributed by atoms with Crippen LogP contribution in [0.15, 0.2) is 36.4 Å². The van der Waals surface area contributed by atoms with E-state index >= 15 is 0 Å². The molecule has 1 heteroatoms. The summed E-state index contributed by atoms with van der Waals surface area (Å²) in [5.41, 5.74) is 0. The molecule has 0 fully saturated rings. The fourth-order valence-corrected chi connectivity index (χ4v) is 0.385. The van der Waals surface area contributed by atoms with Gasteiger partial charge in [0.05, 0.1) is 0 Å². The SMILES string of the molecule is [Na+].c1ccccc1. The van der Waals surface area contributed by atoms with E-state index in [9.17, 15) is 0 Å². The molecule has 0 unspecified atom stereocenters. The van der Waals surface area contributed by atoms with Crippen molar-refractivity contribution in [3.05, 3.63) is 36.4 Å². The molecule has 1 rings (SSSR count). The van der Waals surface area contributed by atoms with E-state index in [4.69, 9.17) is 0 Å². The van der Waals surface area contributed by atoms with Crippen molar-refractivity contribution in [1.29, 1.82) is 0 Å². The minimum atomic E-state index is 0. The largest absolute Gasteiger partial charge is 1.00 e. The average Bonchev–Trinajstić information content (AvgIpc) is 1.72. The van der Waals surface area contributed by atoms with Gasteiger partial charge in [0.25, 0.3) is 0 Å². The van der Waals surface area contributed by atoms with Crippen molar-refractivity contribution < 1.29 is 29.6 Å². The minimum absolute atomic E-state index is 0. The van der Waals surface area contributed by atoms with Crippen molar-refractivity contribution in [1.82, 2.24) is 0 Å². The molecule has 0 aliphatic rings. The molecule has 0 bridgehead atoms. The second-order valence-corrected chi connectivity index (χ2v) is 1.15. The summed E-state index contributed by atoms with van der Waals surface area (Å²) in [6.45, 7) is 0. The van der Waals surface area contributed by atoms with Crippen molar-refractivity contribution in [3.8, 4) is 0 Å². The summed E-state index contributed by atoms with van der Waals surface area (Å²) in [5.74, 6) is 0. The van der Waals surface area contributed by atoms with Crippen LogP contribution in [-0.2, 0) is 0 Å². The topological polar surface area (TPSA) is 0 Å². The zero-order valence-corrected chi connectivity index (χ0v) is 6.46. The summed E-state index contributed by atoms with van der Waals surface area (Å²) >= 11 is 0. The Morgan fingerprint density at radius 1 is 0.429 bits per heavy atom. The Bertz CT molecular complexity index is 76.1. The Morgan fingerprint density at radius 3 is 0.714 bits per heavy atom. The van der Waals surface area contributed by atoms with Gasteiger partial charge in [0, 0.05) is 0 Å². The quantitative estimate of drug-likeness (QED) is 0.356. The molecular weight excluding hydrogens is 95.1 g/mol. The van der Waals surface area contributed by atoms with Gasteiger partial charge in [0.15, 0.2) is 0 Å². The van der Waals surface area contributed by atoms with Crippen LogP contribution < -0.4 is 29.6 Å². The van der Waals surface area contributed by atoms with Gasteiger partial charge in [-0.25, -0.2) is 0 Å². The zero-order valence-electron chi connectivity index (χ0n) is 4.46. The van der Waals surface area contributed by atoms with E-state index in [1.165, 1.54) is 0 Å². The third-order valence-electron chi connectivity index (χ3n) is 0.667. The van der Waals surface area contributed by atoms with Crippen LogP contribution in [-0.4, -0.2) is 0 Å². The summed E-state index contributed by atoms with van der Waals surface area (Å²) < 4.78 is 0. The molecule has 0 heterocycles. The maximum absolute atomic E-state index is 2.00. The Hall–Kier alpha value is 0.220. The first-order valence-corrected chi connectivity index (χ1v) is 2.00. The van der Waals surface area contributed by atoms with Gasteiger partial charge >= 0.3 is 29.6 Å². The molecule has 0 aliphatic heterocycles. The van der Waals surface area contributed by atoms with Gasteiger partial charge in [0.2, 0.25) is 0 Å². The summed E-state index contributed by atoms with van der Waals surface area (Å²) in [6.07, 6.45) is 0. The maximum atomic E-state index is 2.00. The molecule has 0 atom stereocenters. The van der Waals surface area contributed by atoms with Crippen molar-refractivity contribution in [2.45, 2.75) is 0 Å². The first kappa shape index (κ1) is 7.22. The first-order chi connectivity index (χ1) is 3.00. The van der Waals surface area contributed by atoms with Crippen LogP contribution in [0.4, 0.5) is 0 Å². The van der Waals surface area contributed by atoms with Gasteiger partial charge in [-0.15, -0.1) is 0 Å². The van der Waals surface area contributed by atoms with Gasteiger partial charge in [-0.2, -0.15) is 0 Å². The molecule has 0 radical (unpaired) electrons. The van der Waals surface area contributed by atoms with Gasteiger partial charge in [-0.3, -0.25) is 0 Å². The van der Waals surface area contributed by atoms with Crippen molar-refractivity contribution in [2.75, 3.05) is 0 Å². The standard InChI is InChI=1S/C6H6.Na/c1-2-4-6-5-3-1;/h1-6H;/q;+1. The molecule has 0 spiro atoms. The second kappa shape index (κ2) is 4.38. The molecule has 0 nitrogen and oxygen atoms in total. The number of hydrogen-bond acceptors (Lipinski definition) is 0. The molecular formula is C6H6Na+. The predicted octanol–water partition coefficient (Wildman–Crippen LogP) is -1.31. The number of hydrogen-bond donors (Lipinski definition) is 0. The van der Waals surface area contributed by atoms with E-state index in [1.54, 1.807) is 0 Å². The summed E-state index contributed by atoms with van der Waals surface area (Å²) in [5, 5.41) is 0. The third-order valence-corrected chi connectivity index (χ3v) is 0.667. The molecule has 0 amide bonds. The van der Waals surface area contributed by atoms with E-state index in [0.29, 0.717) is 0 Å². The molecule has 0 saturated carbocycles. The van der Waals surface area contributed by atoms with Crippen molar-refractivity contribution in [2.24, 2.45) is 0 Å². The molecule has 0 N–H and O–H groups in total. The Morgan fingerprint density at radius 2 is 0.571 bits per heavy atom. The van der Waals surface area contributed by atoms with E-state index in [1.807, 2.05) is 36.4 Å².